The van der Waals surface area contributed by atoms with E-state index in [0.29, 0.717) is 13.2 Å². The van der Waals surface area contributed by atoms with Gasteiger partial charge in [-0.15, -0.1) is 6.58 Å². The maximum Gasteiger partial charge on any atom is 0.320 e. The molecule has 0 fully saturated rings. The van der Waals surface area contributed by atoms with Crippen molar-refractivity contribution in [3.05, 3.63) is 84.4 Å². The quantitative estimate of drug-likeness (QED) is 0.519. The summed E-state index contributed by atoms with van der Waals surface area (Å²) < 4.78 is 5.23. The fourth-order valence-electron chi connectivity index (χ4n) is 2.12. The minimum Gasteiger partial charge on any atom is -0.460 e. The van der Waals surface area contributed by atoms with Gasteiger partial charge in [0.25, 0.3) is 0 Å². The van der Waals surface area contributed by atoms with Crippen molar-refractivity contribution in [3.63, 3.8) is 0 Å². The summed E-state index contributed by atoms with van der Waals surface area (Å²) >= 11 is 0. The lowest BCUT2D eigenvalue weighted by molar-refractivity contribution is -0.146. The first-order valence-electron chi connectivity index (χ1n) is 8.70. The first kappa shape index (κ1) is 20.7. The summed E-state index contributed by atoms with van der Waals surface area (Å²) in [5, 5.41) is 0. The maximum absolute atomic E-state index is 11.7. The van der Waals surface area contributed by atoms with E-state index in [-0.39, 0.29) is 5.97 Å². The van der Waals surface area contributed by atoms with E-state index in [2.05, 4.69) is 30.5 Å². The Morgan fingerprint density at radius 2 is 1.68 bits per heavy atom. The molecule has 0 saturated carbocycles. The molecule has 0 aromatic heterocycles. The highest BCUT2D eigenvalue weighted by atomic mass is 16.5. The van der Waals surface area contributed by atoms with Crippen LogP contribution in [-0.2, 0) is 16.1 Å². The van der Waals surface area contributed by atoms with E-state index in [1.54, 1.807) is 0 Å². The molecule has 0 saturated heterocycles. The summed E-state index contributed by atoms with van der Waals surface area (Å²) in [6.45, 7) is 10.2. The minimum atomic E-state index is -0.176. The third kappa shape index (κ3) is 10.2. The predicted octanol–water partition coefficient (Wildman–Crippen LogP) is 4.62. The molecule has 2 aromatic carbocycles. The zero-order valence-corrected chi connectivity index (χ0v) is 15.4. The van der Waals surface area contributed by atoms with Crippen molar-refractivity contribution in [2.75, 3.05) is 19.6 Å². The molecule has 0 aliphatic rings. The zero-order valence-electron chi connectivity index (χ0n) is 15.4. The van der Waals surface area contributed by atoms with Gasteiger partial charge in [0, 0.05) is 6.54 Å². The largest absolute Gasteiger partial charge is 0.460 e. The van der Waals surface area contributed by atoms with Crippen LogP contribution in [0.4, 0.5) is 0 Å². The Labute approximate surface area is 151 Å². The molecule has 0 heterocycles. The van der Waals surface area contributed by atoms with Crippen LogP contribution in [0, 0.1) is 6.92 Å². The number of aryl methyl sites for hydroxylation is 1. The lowest BCUT2D eigenvalue weighted by atomic mass is 10.2. The molecule has 2 aromatic rings. The monoisotopic (exact) mass is 339 g/mol. The molecular formula is C22H29NO2. The fourth-order valence-corrected chi connectivity index (χ4v) is 2.12. The van der Waals surface area contributed by atoms with Gasteiger partial charge in [-0.3, -0.25) is 9.69 Å². The molecule has 0 amide bonds. The van der Waals surface area contributed by atoms with E-state index in [4.69, 9.17) is 4.74 Å². The molecule has 134 valence electrons. The summed E-state index contributed by atoms with van der Waals surface area (Å²) in [5.41, 5.74) is 2.34. The highest BCUT2D eigenvalue weighted by molar-refractivity contribution is 5.71. The van der Waals surface area contributed by atoms with E-state index < -0.39 is 0 Å². The SMILES string of the molecule is C=CCCN(CC)CC(=O)OCc1ccccc1.Cc1ccccc1. The van der Waals surface area contributed by atoms with Crippen molar-refractivity contribution in [3.8, 4) is 0 Å². The molecule has 0 atom stereocenters. The summed E-state index contributed by atoms with van der Waals surface area (Å²) in [6, 6.07) is 20.0. The highest BCUT2D eigenvalue weighted by Crippen LogP contribution is 2.01. The zero-order chi connectivity index (χ0) is 18.3. The van der Waals surface area contributed by atoms with E-state index in [1.807, 2.05) is 61.5 Å². The Morgan fingerprint density at radius 1 is 1.08 bits per heavy atom. The van der Waals surface area contributed by atoms with Crippen LogP contribution in [0.25, 0.3) is 0 Å². The number of nitrogens with zero attached hydrogens (tertiary/aromatic N) is 1. The van der Waals surface area contributed by atoms with Gasteiger partial charge in [-0.25, -0.2) is 0 Å². The van der Waals surface area contributed by atoms with Crippen molar-refractivity contribution in [1.82, 2.24) is 4.90 Å². The first-order valence-corrected chi connectivity index (χ1v) is 8.70. The molecule has 0 spiro atoms. The minimum absolute atomic E-state index is 0.176. The van der Waals surface area contributed by atoms with E-state index >= 15 is 0 Å². The normalized spacial score (nSPS) is 9.88. The number of carbonyl (C=O) groups is 1. The summed E-state index contributed by atoms with van der Waals surface area (Å²) in [5.74, 6) is -0.176. The second-order valence-electron chi connectivity index (χ2n) is 5.75. The Balaban J connectivity index is 0.000000370. The topological polar surface area (TPSA) is 29.5 Å². The lowest BCUT2D eigenvalue weighted by Crippen LogP contribution is -2.31. The first-order chi connectivity index (χ1) is 12.2. The average Bonchev–Trinajstić information content (AvgIpc) is 2.65. The van der Waals surface area contributed by atoms with Crippen LogP contribution >= 0.6 is 0 Å². The lowest BCUT2D eigenvalue weighted by Gasteiger charge is -2.18. The summed E-state index contributed by atoms with van der Waals surface area (Å²) in [7, 11) is 0. The Morgan fingerprint density at radius 3 is 2.16 bits per heavy atom. The van der Waals surface area contributed by atoms with Crippen LogP contribution in [0.1, 0.15) is 24.5 Å². The smallest absolute Gasteiger partial charge is 0.320 e. The molecule has 0 bridgehead atoms. The molecule has 3 heteroatoms. The second-order valence-corrected chi connectivity index (χ2v) is 5.75. The van der Waals surface area contributed by atoms with Gasteiger partial charge in [0.1, 0.15) is 6.61 Å². The van der Waals surface area contributed by atoms with Gasteiger partial charge < -0.3 is 4.74 Å². The standard InChI is InChI=1S/C15H21NO2.C7H8/c1-3-5-11-16(4-2)12-15(17)18-13-14-9-7-6-8-10-14;1-7-5-3-2-4-6-7/h3,6-10H,1,4-5,11-13H2,2H3;2-6H,1H3. The molecule has 0 aliphatic heterocycles. The van der Waals surface area contributed by atoms with Crippen molar-refractivity contribution < 1.29 is 9.53 Å². The molecule has 2 rings (SSSR count). The maximum atomic E-state index is 11.7. The van der Waals surface area contributed by atoms with Gasteiger partial charge in [-0.05, 0) is 25.5 Å². The number of carbonyl (C=O) groups excluding carboxylic acids is 1. The molecule has 0 radical (unpaired) electrons. The molecular weight excluding hydrogens is 310 g/mol. The van der Waals surface area contributed by atoms with Gasteiger partial charge in [0.15, 0.2) is 0 Å². The van der Waals surface area contributed by atoms with Crippen LogP contribution in [-0.4, -0.2) is 30.5 Å². The van der Waals surface area contributed by atoms with E-state index in [1.165, 1.54) is 5.56 Å². The van der Waals surface area contributed by atoms with Crippen LogP contribution in [0.15, 0.2) is 73.3 Å². The van der Waals surface area contributed by atoms with Crippen LogP contribution in [0.3, 0.4) is 0 Å². The van der Waals surface area contributed by atoms with Crippen LogP contribution in [0.5, 0.6) is 0 Å². The van der Waals surface area contributed by atoms with Crippen molar-refractivity contribution in [2.24, 2.45) is 0 Å². The van der Waals surface area contributed by atoms with Gasteiger partial charge in [0.05, 0.1) is 6.54 Å². The van der Waals surface area contributed by atoms with E-state index in [0.717, 1.165) is 25.1 Å². The van der Waals surface area contributed by atoms with Gasteiger partial charge in [-0.1, -0.05) is 79.2 Å². The number of benzene rings is 2. The van der Waals surface area contributed by atoms with Gasteiger partial charge >= 0.3 is 5.97 Å². The average molecular weight is 339 g/mol. The Kier molecular flexibility index (Phi) is 10.7. The molecule has 0 aliphatic carbocycles. The van der Waals surface area contributed by atoms with Crippen molar-refractivity contribution in [1.29, 1.82) is 0 Å². The van der Waals surface area contributed by atoms with Crippen molar-refractivity contribution >= 4 is 5.97 Å². The molecule has 0 N–H and O–H groups in total. The molecule has 25 heavy (non-hydrogen) atoms. The third-order valence-electron chi connectivity index (χ3n) is 3.63. The van der Waals surface area contributed by atoms with Gasteiger partial charge in [-0.2, -0.15) is 0 Å². The number of hydrogen-bond donors (Lipinski definition) is 0. The van der Waals surface area contributed by atoms with Crippen molar-refractivity contribution in [2.45, 2.75) is 26.9 Å². The van der Waals surface area contributed by atoms with Crippen LogP contribution in [0.2, 0.25) is 0 Å². The number of hydrogen-bond acceptors (Lipinski definition) is 3. The third-order valence-corrected chi connectivity index (χ3v) is 3.63. The van der Waals surface area contributed by atoms with Crippen LogP contribution < -0.4 is 0 Å². The van der Waals surface area contributed by atoms with E-state index in [9.17, 15) is 4.79 Å². The number of rotatable bonds is 8. The number of ether oxygens (including phenoxy) is 1. The Bertz CT molecular complexity index is 596. The van der Waals surface area contributed by atoms with Gasteiger partial charge in [0.2, 0.25) is 0 Å². The Hall–Kier alpha value is -2.39. The highest BCUT2D eigenvalue weighted by Gasteiger charge is 2.09. The summed E-state index contributed by atoms with van der Waals surface area (Å²) in [6.07, 6.45) is 2.75. The number of likely N-dealkylation sites (N-methyl/N-ethyl adjacent to an activating group) is 1. The molecule has 3 nitrogen and oxygen atoms in total. The predicted molar refractivity (Wildman–Crippen MR) is 104 cm³/mol. The number of esters is 1. The fraction of sp³-hybridized carbons (Fsp3) is 0.318. The molecule has 0 unspecified atom stereocenters. The summed E-state index contributed by atoms with van der Waals surface area (Å²) in [4.78, 5) is 13.7. The second kappa shape index (κ2) is 13.0.